The van der Waals surface area contributed by atoms with Crippen LogP contribution in [0.25, 0.3) is 0 Å². The monoisotopic (exact) mass is 243 g/mol. The molecule has 2 rings (SSSR count). The number of hydrogen-bond donors (Lipinski definition) is 0. The van der Waals surface area contributed by atoms with Crippen LogP contribution in [0.1, 0.15) is 11.3 Å². The summed E-state index contributed by atoms with van der Waals surface area (Å²) in [5.74, 6) is 1.15. The highest BCUT2D eigenvalue weighted by Gasteiger charge is 2.06. The van der Waals surface area contributed by atoms with Gasteiger partial charge >= 0.3 is 0 Å². The third-order valence-corrected chi connectivity index (χ3v) is 2.44. The van der Waals surface area contributed by atoms with Crippen LogP contribution < -0.4 is 9.47 Å². The smallest absolute Gasteiger partial charge is 0.162 e. The Balaban J connectivity index is 2.12. The van der Waals surface area contributed by atoms with Crippen molar-refractivity contribution >= 4 is 0 Å². The van der Waals surface area contributed by atoms with Gasteiger partial charge in [-0.25, -0.2) is 0 Å². The Bertz CT molecular complexity index is 584. The zero-order valence-electron chi connectivity index (χ0n) is 10.3. The predicted octanol–water partition coefficient (Wildman–Crippen LogP) is 1.88. The average molecular weight is 243 g/mol. The first-order valence-electron chi connectivity index (χ1n) is 5.42. The molecule has 5 nitrogen and oxygen atoms in total. The fourth-order valence-corrected chi connectivity index (χ4v) is 1.55. The number of aryl methyl sites for hydroxylation is 1. The van der Waals surface area contributed by atoms with Crippen LogP contribution >= 0.6 is 0 Å². The highest BCUT2D eigenvalue weighted by Crippen LogP contribution is 2.28. The summed E-state index contributed by atoms with van der Waals surface area (Å²) in [5.41, 5.74) is 1.38. The molecule has 0 fully saturated rings. The molecule has 0 radical (unpaired) electrons. The number of hydrogen-bond acceptors (Lipinski definition) is 4. The van der Waals surface area contributed by atoms with Gasteiger partial charge in [-0.3, -0.25) is 4.68 Å². The van der Waals surface area contributed by atoms with Crippen LogP contribution in [0, 0.1) is 11.3 Å². The Kier molecular flexibility index (Phi) is 3.49. The lowest BCUT2D eigenvalue weighted by molar-refractivity contribution is 0.279. The number of aromatic nitrogens is 2. The average Bonchev–Trinajstić information content (AvgIpc) is 2.82. The van der Waals surface area contributed by atoms with Crippen molar-refractivity contribution in [1.29, 1.82) is 5.26 Å². The molecule has 0 bridgehead atoms. The van der Waals surface area contributed by atoms with Crippen molar-refractivity contribution in [3.63, 3.8) is 0 Å². The molecule has 5 heteroatoms. The fourth-order valence-electron chi connectivity index (χ4n) is 1.55. The van der Waals surface area contributed by atoms with Gasteiger partial charge in [0.2, 0.25) is 0 Å². The van der Waals surface area contributed by atoms with Crippen molar-refractivity contribution in [2.24, 2.45) is 7.05 Å². The maximum atomic E-state index is 8.80. The molecule has 0 aliphatic heterocycles. The van der Waals surface area contributed by atoms with Crippen LogP contribution in [0.4, 0.5) is 0 Å². The summed E-state index contributed by atoms with van der Waals surface area (Å²) in [4.78, 5) is 0. The maximum Gasteiger partial charge on any atom is 0.162 e. The largest absolute Gasteiger partial charge is 0.493 e. The SMILES string of the molecule is COc1cc(C#N)ccc1OCc1ccn(C)n1. The van der Waals surface area contributed by atoms with Gasteiger partial charge in [0.1, 0.15) is 6.61 Å². The van der Waals surface area contributed by atoms with Crippen molar-refractivity contribution in [2.45, 2.75) is 6.61 Å². The standard InChI is InChI=1S/C13H13N3O2/c1-16-6-5-11(15-16)9-18-12-4-3-10(8-14)7-13(12)17-2/h3-7H,9H2,1-2H3. The van der Waals surface area contributed by atoms with E-state index in [0.717, 1.165) is 5.69 Å². The summed E-state index contributed by atoms with van der Waals surface area (Å²) in [5, 5.41) is 13.0. The summed E-state index contributed by atoms with van der Waals surface area (Å²) in [6.45, 7) is 0.364. The van der Waals surface area contributed by atoms with Crippen molar-refractivity contribution < 1.29 is 9.47 Å². The van der Waals surface area contributed by atoms with E-state index in [4.69, 9.17) is 14.7 Å². The minimum Gasteiger partial charge on any atom is -0.493 e. The van der Waals surface area contributed by atoms with Crippen LogP contribution in [0.2, 0.25) is 0 Å². The van der Waals surface area contributed by atoms with E-state index in [2.05, 4.69) is 11.2 Å². The molecule has 1 heterocycles. The number of ether oxygens (including phenoxy) is 2. The number of nitriles is 1. The molecule has 0 saturated heterocycles. The molecule has 0 aliphatic carbocycles. The number of benzene rings is 1. The molecule has 0 saturated carbocycles. The second-order valence-electron chi connectivity index (χ2n) is 3.75. The van der Waals surface area contributed by atoms with Crippen molar-refractivity contribution in [2.75, 3.05) is 7.11 Å². The third kappa shape index (κ3) is 2.61. The lowest BCUT2D eigenvalue weighted by Crippen LogP contribution is -1.99. The van der Waals surface area contributed by atoms with Crippen molar-refractivity contribution in [1.82, 2.24) is 9.78 Å². The van der Waals surface area contributed by atoms with E-state index < -0.39 is 0 Å². The minimum absolute atomic E-state index is 0.364. The molecule has 0 atom stereocenters. The summed E-state index contributed by atoms with van der Waals surface area (Å²) in [6.07, 6.45) is 1.86. The number of nitrogens with zero attached hydrogens (tertiary/aromatic N) is 3. The van der Waals surface area contributed by atoms with Gasteiger partial charge < -0.3 is 9.47 Å². The second kappa shape index (κ2) is 5.23. The summed E-state index contributed by atoms with van der Waals surface area (Å²) in [6, 6.07) is 9.00. The first-order chi connectivity index (χ1) is 8.72. The van der Waals surface area contributed by atoms with Gasteiger partial charge in [0.25, 0.3) is 0 Å². The molecule has 1 aromatic carbocycles. The molecular formula is C13H13N3O2. The Hall–Kier alpha value is -2.48. The fraction of sp³-hybridized carbons (Fsp3) is 0.231. The topological polar surface area (TPSA) is 60.1 Å². The zero-order valence-corrected chi connectivity index (χ0v) is 10.3. The first-order valence-corrected chi connectivity index (χ1v) is 5.42. The Morgan fingerprint density at radius 1 is 1.33 bits per heavy atom. The van der Waals surface area contributed by atoms with Gasteiger partial charge in [-0.1, -0.05) is 0 Å². The summed E-state index contributed by atoms with van der Waals surface area (Å²) in [7, 11) is 3.40. The normalized spacial score (nSPS) is 9.83. The van der Waals surface area contributed by atoms with Crippen molar-refractivity contribution in [3.05, 3.63) is 41.7 Å². The molecule has 0 N–H and O–H groups in total. The van der Waals surface area contributed by atoms with E-state index in [9.17, 15) is 0 Å². The molecule has 0 amide bonds. The Morgan fingerprint density at radius 2 is 2.17 bits per heavy atom. The predicted molar refractivity (Wildman–Crippen MR) is 65.2 cm³/mol. The molecule has 0 spiro atoms. The molecule has 1 aromatic heterocycles. The van der Waals surface area contributed by atoms with Crippen LogP contribution in [0.3, 0.4) is 0 Å². The minimum atomic E-state index is 0.364. The Labute approximate surface area is 105 Å². The van der Waals surface area contributed by atoms with Gasteiger partial charge in [0, 0.05) is 19.3 Å². The quantitative estimate of drug-likeness (QED) is 0.822. The van der Waals surface area contributed by atoms with Crippen LogP contribution in [-0.4, -0.2) is 16.9 Å². The van der Waals surface area contributed by atoms with E-state index >= 15 is 0 Å². The van der Waals surface area contributed by atoms with Gasteiger partial charge in [-0.05, 0) is 18.2 Å². The van der Waals surface area contributed by atoms with E-state index in [1.54, 1.807) is 30.0 Å². The van der Waals surface area contributed by atoms with E-state index in [-0.39, 0.29) is 0 Å². The number of methoxy groups -OCH3 is 1. The van der Waals surface area contributed by atoms with Crippen LogP contribution in [0.15, 0.2) is 30.5 Å². The lowest BCUT2D eigenvalue weighted by atomic mass is 10.2. The third-order valence-electron chi connectivity index (χ3n) is 2.44. The molecule has 0 unspecified atom stereocenters. The van der Waals surface area contributed by atoms with Gasteiger partial charge in [-0.2, -0.15) is 10.4 Å². The Morgan fingerprint density at radius 3 is 2.78 bits per heavy atom. The van der Waals surface area contributed by atoms with Gasteiger partial charge in [0.15, 0.2) is 11.5 Å². The van der Waals surface area contributed by atoms with Gasteiger partial charge in [-0.15, -0.1) is 0 Å². The van der Waals surface area contributed by atoms with E-state index in [1.807, 2.05) is 19.3 Å². The molecular weight excluding hydrogens is 230 g/mol. The number of rotatable bonds is 4. The highest BCUT2D eigenvalue weighted by molar-refractivity contribution is 5.46. The maximum absolute atomic E-state index is 8.80. The first kappa shape index (κ1) is 12.0. The van der Waals surface area contributed by atoms with Crippen LogP contribution in [-0.2, 0) is 13.7 Å². The van der Waals surface area contributed by atoms with E-state index in [0.29, 0.717) is 23.7 Å². The summed E-state index contributed by atoms with van der Waals surface area (Å²) < 4.78 is 12.5. The lowest BCUT2D eigenvalue weighted by Gasteiger charge is -2.09. The summed E-state index contributed by atoms with van der Waals surface area (Å²) >= 11 is 0. The van der Waals surface area contributed by atoms with Gasteiger partial charge in [0.05, 0.1) is 24.4 Å². The van der Waals surface area contributed by atoms with E-state index in [1.165, 1.54) is 0 Å². The van der Waals surface area contributed by atoms with Crippen LogP contribution in [0.5, 0.6) is 11.5 Å². The van der Waals surface area contributed by atoms with Crippen molar-refractivity contribution in [3.8, 4) is 17.6 Å². The molecule has 92 valence electrons. The molecule has 18 heavy (non-hydrogen) atoms. The highest BCUT2D eigenvalue weighted by atomic mass is 16.5. The second-order valence-corrected chi connectivity index (χ2v) is 3.75. The molecule has 2 aromatic rings. The zero-order chi connectivity index (χ0) is 13.0. The molecule has 0 aliphatic rings.